The van der Waals surface area contributed by atoms with Gasteiger partial charge in [0.15, 0.2) is 0 Å². The third-order valence-corrected chi connectivity index (χ3v) is 4.58. The fourth-order valence-electron chi connectivity index (χ4n) is 2.87. The zero-order valence-electron chi connectivity index (χ0n) is 10.7. The molecule has 0 aliphatic heterocycles. The van der Waals surface area contributed by atoms with Gasteiger partial charge in [0.1, 0.15) is 5.78 Å². The van der Waals surface area contributed by atoms with Crippen molar-refractivity contribution < 1.29 is 9.90 Å². The van der Waals surface area contributed by atoms with Crippen LogP contribution in [0.1, 0.15) is 43.7 Å². The van der Waals surface area contributed by atoms with Crippen molar-refractivity contribution in [3.05, 3.63) is 33.8 Å². The summed E-state index contributed by atoms with van der Waals surface area (Å²) in [4.78, 5) is 11.4. The number of halogens is 1. The first-order valence-electron chi connectivity index (χ1n) is 6.53. The maximum Gasteiger partial charge on any atom is 0.132 e. The molecule has 0 amide bonds. The number of carbonyl (C=O) groups is 1. The van der Waals surface area contributed by atoms with Gasteiger partial charge in [-0.3, -0.25) is 4.79 Å². The summed E-state index contributed by atoms with van der Waals surface area (Å²) in [6.07, 6.45) is 3.68. The van der Waals surface area contributed by atoms with Crippen molar-refractivity contribution in [2.24, 2.45) is 0 Å². The average Bonchev–Trinajstić information content (AvgIpc) is 2.40. The Balaban J connectivity index is 2.43. The highest BCUT2D eigenvalue weighted by Gasteiger charge is 2.37. The van der Waals surface area contributed by atoms with Crippen molar-refractivity contribution in [3.8, 4) is 0 Å². The van der Waals surface area contributed by atoms with E-state index in [4.69, 9.17) is 0 Å². The van der Waals surface area contributed by atoms with Gasteiger partial charge in [-0.15, -0.1) is 0 Å². The molecule has 2 rings (SSSR count). The van der Waals surface area contributed by atoms with Crippen LogP contribution in [0.3, 0.4) is 0 Å². The van der Waals surface area contributed by atoms with Crippen LogP contribution in [0, 0.1) is 0 Å². The predicted octanol–water partition coefficient (Wildman–Crippen LogP) is 3.38. The Labute approximate surface area is 117 Å². The molecule has 98 valence electrons. The van der Waals surface area contributed by atoms with Crippen molar-refractivity contribution in [3.63, 3.8) is 0 Å². The first-order valence-corrected chi connectivity index (χ1v) is 7.32. The van der Waals surface area contributed by atoms with E-state index in [9.17, 15) is 9.90 Å². The molecule has 1 aromatic carbocycles. The number of hydrogen-bond acceptors (Lipinski definition) is 2. The smallest absolute Gasteiger partial charge is 0.132 e. The lowest BCUT2D eigenvalue weighted by Gasteiger charge is -2.37. The van der Waals surface area contributed by atoms with Gasteiger partial charge in [-0.25, -0.2) is 0 Å². The second-order valence-corrected chi connectivity index (χ2v) is 6.05. The van der Waals surface area contributed by atoms with Gasteiger partial charge in [0.25, 0.3) is 0 Å². The zero-order chi connectivity index (χ0) is 13.2. The fraction of sp³-hybridized carbons (Fsp3) is 0.533. The molecule has 0 aromatic heterocycles. The number of rotatable bonds is 3. The number of aryl methyl sites for hydroxylation is 1. The Morgan fingerprint density at radius 2 is 2.00 bits per heavy atom. The van der Waals surface area contributed by atoms with Gasteiger partial charge in [-0.05, 0) is 42.5 Å². The summed E-state index contributed by atoms with van der Waals surface area (Å²) in [5.41, 5.74) is 2.28. The highest BCUT2D eigenvalue weighted by atomic mass is 79.9. The predicted molar refractivity (Wildman–Crippen MR) is 75.8 cm³/mol. The third kappa shape index (κ3) is 2.52. The van der Waals surface area contributed by atoms with Crippen molar-refractivity contribution in [2.75, 3.05) is 6.61 Å². The van der Waals surface area contributed by atoms with Crippen LogP contribution < -0.4 is 0 Å². The van der Waals surface area contributed by atoms with E-state index in [1.165, 1.54) is 11.1 Å². The number of aliphatic hydroxyl groups excluding tert-OH is 1. The van der Waals surface area contributed by atoms with Crippen LogP contribution in [0.4, 0.5) is 0 Å². The number of aliphatic hydroxyl groups is 1. The van der Waals surface area contributed by atoms with Gasteiger partial charge in [0.05, 0.1) is 6.61 Å². The fourth-order valence-corrected chi connectivity index (χ4v) is 3.23. The van der Waals surface area contributed by atoms with Gasteiger partial charge >= 0.3 is 0 Å². The van der Waals surface area contributed by atoms with E-state index in [1.54, 1.807) is 0 Å². The van der Waals surface area contributed by atoms with Crippen LogP contribution in [-0.4, -0.2) is 17.5 Å². The van der Waals surface area contributed by atoms with E-state index in [2.05, 4.69) is 35.0 Å². The standard InChI is InChI=1S/C15H19BrO2/c1-2-11-3-4-12(16)9-14(11)15(10-17)7-5-13(18)6-8-15/h3-4,9,17H,2,5-8,10H2,1H3. The van der Waals surface area contributed by atoms with Gasteiger partial charge < -0.3 is 5.11 Å². The second-order valence-electron chi connectivity index (χ2n) is 5.13. The van der Waals surface area contributed by atoms with Crippen molar-refractivity contribution >= 4 is 21.7 Å². The largest absolute Gasteiger partial charge is 0.395 e. The molecule has 0 atom stereocenters. The molecule has 0 saturated heterocycles. The molecule has 0 radical (unpaired) electrons. The highest BCUT2D eigenvalue weighted by molar-refractivity contribution is 9.10. The lowest BCUT2D eigenvalue weighted by molar-refractivity contribution is -0.121. The lowest BCUT2D eigenvalue weighted by atomic mass is 9.68. The van der Waals surface area contributed by atoms with E-state index in [-0.39, 0.29) is 12.0 Å². The molecule has 0 heterocycles. The summed E-state index contributed by atoms with van der Waals surface area (Å²) in [5, 5.41) is 9.87. The van der Waals surface area contributed by atoms with Crippen LogP contribution in [-0.2, 0) is 16.6 Å². The Morgan fingerprint density at radius 1 is 1.33 bits per heavy atom. The summed E-state index contributed by atoms with van der Waals surface area (Å²) in [5.74, 6) is 0.326. The zero-order valence-corrected chi connectivity index (χ0v) is 12.3. The molecule has 1 saturated carbocycles. The Hall–Kier alpha value is -0.670. The van der Waals surface area contributed by atoms with Gasteiger partial charge in [0.2, 0.25) is 0 Å². The molecule has 0 bridgehead atoms. The average molecular weight is 311 g/mol. The van der Waals surface area contributed by atoms with Crippen LogP contribution >= 0.6 is 15.9 Å². The lowest BCUT2D eigenvalue weighted by Crippen LogP contribution is -2.36. The van der Waals surface area contributed by atoms with Crippen molar-refractivity contribution in [1.82, 2.24) is 0 Å². The number of hydrogen-bond donors (Lipinski definition) is 1. The molecule has 0 spiro atoms. The normalized spacial score (nSPS) is 18.9. The maximum atomic E-state index is 11.4. The second kappa shape index (κ2) is 5.54. The first kappa shape index (κ1) is 13.8. The topological polar surface area (TPSA) is 37.3 Å². The van der Waals surface area contributed by atoms with Crippen LogP contribution in [0.5, 0.6) is 0 Å². The molecule has 0 unspecified atom stereocenters. The minimum atomic E-state index is -0.219. The van der Waals surface area contributed by atoms with E-state index >= 15 is 0 Å². The number of ketones is 1. The van der Waals surface area contributed by atoms with Crippen LogP contribution in [0.25, 0.3) is 0 Å². The number of carbonyl (C=O) groups excluding carboxylic acids is 1. The molecule has 1 aliphatic carbocycles. The van der Waals surface area contributed by atoms with Crippen molar-refractivity contribution in [1.29, 1.82) is 0 Å². The van der Waals surface area contributed by atoms with Gasteiger partial charge in [0, 0.05) is 22.7 Å². The molecule has 2 nitrogen and oxygen atoms in total. The Bertz CT molecular complexity index is 444. The summed E-state index contributed by atoms with van der Waals surface area (Å²) >= 11 is 3.51. The molecular formula is C15H19BrO2. The molecular weight excluding hydrogens is 292 g/mol. The summed E-state index contributed by atoms with van der Waals surface area (Å²) in [6.45, 7) is 2.26. The summed E-state index contributed by atoms with van der Waals surface area (Å²) in [7, 11) is 0. The van der Waals surface area contributed by atoms with E-state index in [0.717, 1.165) is 23.7 Å². The summed E-state index contributed by atoms with van der Waals surface area (Å²) < 4.78 is 1.04. The quantitative estimate of drug-likeness (QED) is 0.929. The Morgan fingerprint density at radius 3 is 2.56 bits per heavy atom. The molecule has 1 fully saturated rings. The van der Waals surface area contributed by atoms with Crippen LogP contribution in [0.15, 0.2) is 22.7 Å². The highest BCUT2D eigenvalue weighted by Crippen LogP contribution is 2.40. The van der Waals surface area contributed by atoms with Gasteiger partial charge in [-0.2, -0.15) is 0 Å². The molecule has 1 N–H and O–H groups in total. The van der Waals surface area contributed by atoms with Crippen LogP contribution in [0.2, 0.25) is 0 Å². The number of Topliss-reactive ketones (excluding diaryl/α,β-unsaturated/α-hetero) is 1. The van der Waals surface area contributed by atoms with E-state index in [1.807, 2.05) is 6.07 Å². The van der Waals surface area contributed by atoms with Crippen molar-refractivity contribution in [2.45, 2.75) is 44.4 Å². The monoisotopic (exact) mass is 310 g/mol. The maximum absolute atomic E-state index is 11.4. The molecule has 3 heteroatoms. The van der Waals surface area contributed by atoms with E-state index < -0.39 is 0 Å². The first-order chi connectivity index (χ1) is 8.61. The van der Waals surface area contributed by atoms with Gasteiger partial charge in [-0.1, -0.05) is 28.9 Å². The minimum Gasteiger partial charge on any atom is -0.395 e. The molecule has 18 heavy (non-hydrogen) atoms. The van der Waals surface area contributed by atoms with E-state index in [0.29, 0.717) is 18.6 Å². The molecule has 1 aliphatic rings. The number of benzene rings is 1. The molecule has 1 aromatic rings. The third-order valence-electron chi connectivity index (χ3n) is 4.09. The SMILES string of the molecule is CCc1ccc(Br)cc1C1(CO)CCC(=O)CC1. The summed E-state index contributed by atoms with van der Waals surface area (Å²) in [6, 6.07) is 6.28. The minimum absolute atomic E-state index is 0.129. The Kier molecular flexibility index (Phi) is 4.23.